The van der Waals surface area contributed by atoms with Gasteiger partial charge < -0.3 is 10.6 Å². The molecule has 160 valence electrons. The van der Waals surface area contributed by atoms with Crippen LogP contribution in [0.25, 0.3) is 11.1 Å². The second-order valence-electron chi connectivity index (χ2n) is 7.45. The number of amides is 1. The van der Waals surface area contributed by atoms with Gasteiger partial charge in [0.15, 0.2) is 0 Å². The van der Waals surface area contributed by atoms with E-state index in [4.69, 9.17) is 11.6 Å². The number of sulfonamides is 1. The molecule has 1 unspecified atom stereocenters. The number of benzene rings is 2. The molecule has 1 aliphatic rings. The van der Waals surface area contributed by atoms with Crippen LogP contribution in [0.3, 0.4) is 0 Å². The molecule has 0 fully saturated rings. The van der Waals surface area contributed by atoms with Gasteiger partial charge in [-0.15, -0.1) is 0 Å². The molecule has 3 N–H and O–H groups in total. The fourth-order valence-corrected chi connectivity index (χ4v) is 4.40. The van der Waals surface area contributed by atoms with E-state index in [2.05, 4.69) is 20.3 Å². The van der Waals surface area contributed by atoms with Gasteiger partial charge in [-0.25, -0.2) is 13.4 Å². The van der Waals surface area contributed by atoms with Crippen LogP contribution in [0.4, 0.5) is 17.2 Å². The smallest absolute Gasteiger partial charge is 0.229 e. The van der Waals surface area contributed by atoms with Crippen molar-refractivity contribution in [2.45, 2.75) is 18.9 Å². The van der Waals surface area contributed by atoms with Gasteiger partial charge in [0.1, 0.15) is 5.82 Å². The van der Waals surface area contributed by atoms with Gasteiger partial charge in [0.2, 0.25) is 15.9 Å². The Hall–Kier alpha value is -3.10. The summed E-state index contributed by atoms with van der Waals surface area (Å²) in [5, 5.41) is 6.76. The number of hydrogen-bond donors (Lipinski definition) is 3. The largest absolute Gasteiger partial charge is 0.366 e. The first kappa shape index (κ1) is 21.1. The highest BCUT2D eigenvalue weighted by atomic mass is 35.5. The number of rotatable bonds is 6. The molecule has 9 heteroatoms. The van der Waals surface area contributed by atoms with E-state index in [9.17, 15) is 13.2 Å². The molecule has 7 nitrogen and oxygen atoms in total. The molecule has 4 rings (SSSR count). The molecule has 1 aromatic heterocycles. The van der Waals surface area contributed by atoms with Crippen LogP contribution in [0.2, 0.25) is 5.02 Å². The minimum absolute atomic E-state index is 0.0750. The van der Waals surface area contributed by atoms with Crippen LogP contribution in [0.1, 0.15) is 12.0 Å². The molecular weight excluding hydrogens is 436 g/mol. The topological polar surface area (TPSA) is 100 Å². The van der Waals surface area contributed by atoms with Crippen LogP contribution in [0, 0.1) is 0 Å². The van der Waals surface area contributed by atoms with Crippen molar-refractivity contribution >= 4 is 44.7 Å². The normalized spacial score (nSPS) is 15.1. The zero-order chi connectivity index (χ0) is 22.0. The zero-order valence-electron chi connectivity index (χ0n) is 16.7. The van der Waals surface area contributed by atoms with Gasteiger partial charge in [-0.3, -0.25) is 9.52 Å². The SMILES string of the molecule is CS(=O)(=O)Nc1ccc(-c2ccnc3c2CC(CC(=O)Nc2cccc(Cl)c2)N3)cc1. The summed E-state index contributed by atoms with van der Waals surface area (Å²) in [4.78, 5) is 16.9. The van der Waals surface area contributed by atoms with Gasteiger partial charge in [0, 0.05) is 40.6 Å². The average Bonchev–Trinajstić information content (AvgIpc) is 3.09. The summed E-state index contributed by atoms with van der Waals surface area (Å²) in [6.45, 7) is 0. The van der Waals surface area contributed by atoms with Crippen molar-refractivity contribution in [2.75, 3.05) is 21.6 Å². The minimum atomic E-state index is -3.32. The minimum Gasteiger partial charge on any atom is -0.366 e. The van der Waals surface area contributed by atoms with Gasteiger partial charge in [-0.2, -0.15) is 0 Å². The van der Waals surface area contributed by atoms with Gasteiger partial charge in [0.05, 0.1) is 6.26 Å². The molecule has 0 saturated heterocycles. The number of anilines is 3. The Bertz CT molecular complexity index is 1230. The Morgan fingerprint density at radius 1 is 1.16 bits per heavy atom. The lowest BCUT2D eigenvalue weighted by atomic mass is 9.98. The number of halogens is 1. The van der Waals surface area contributed by atoms with Crippen LogP contribution in [-0.4, -0.2) is 31.6 Å². The molecule has 0 radical (unpaired) electrons. The lowest BCUT2D eigenvalue weighted by molar-refractivity contribution is -0.116. The highest BCUT2D eigenvalue weighted by Gasteiger charge is 2.26. The molecule has 31 heavy (non-hydrogen) atoms. The number of pyridine rings is 1. The van der Waals surface area contributed by atoms with Gasteiger partial charge in [-0.1, -0.05) is 29.8 Å². The summed E-state index contributed by atoms with van der Waals surface area (Å²) in [5.74, 6) is 0.654. The number of fused-ring (bicyclic) bond motifs is 1. The van der Waals surface area contributed by atoms with Crippen molar-refractivity contribution in [2.24, 2.45) is 0 Å². The summed E-state index contributed by atoms with van der Waals surface area (Å²) in [6.07, 6.45) is 3.79. The predicted molar refractivity (Wildman–Crippen MR) is 124 cm³/mol. The molecule has 1 atom stereocenters. The van der Waals surface area contributed by atoms with E-state index in [1.165, 1.54) is 0 Å². The number of hydrogen-bond acceptors (Lipinski definition) is 5. The van der Waals surface area contributed by atoms with Crippen LogP contribution in [-0.2, 0) is 21.2 Å². The van der Waals surface area contributed by atoms with Crippen molar-refractivity contribution in [1.29, 1.82) is 0 Å². The second-order valence-corrected chi connectivity index (χ2v) is 9.63. The molecule has 1 amide bonds. The monoisotopic (exact) mass is 456 g/mol. The van der Waals surface area contributed by atoms with Crippen molar-refractivity contribution in [1.82, 2.24) is 4.98 Å². The van der Waals surface area contributed by atoms with Gasteiger partial charge in [0.25, 0.3) is 0 Å². The lowest BCUT2D eigenvalue weighted by Crippen LogP contribution is -2.24. The van der Waals surface area contributed by atoms with Crippen molar-refractivity contribution < 1.29 is 13.2 Å². The number of carbonyl (C=O) groups excluding carboxylic acids is 1. The fourth-order valence-electron chi connectivity index (χ4n) is 3.64. The molecular formula is C22H21ClN4O3S. The fraction of sp³-hybridized carbons (Fsp3) is 0.182. The van der Waals surface area contributed by atoms with E-state index in [1.807, 2.05) is 18.2 Å². The summed E-state index contributed by atoms with van der Waals surface area (Å²) >= 11 is 5.97. The first-order valence-corrected chi connectivity index (χ1v) is 11.9. The molecule has 3 aromatic rings. The number of nitrogens with one attached hydrogen (secondary N) is 3. The molecule has 2 aromatic carbocycles. The second kappa shape index (κ2) is 8.56. The molecule has 1 aliphatic heterocycles. The van der Waals surface area contributed by atoms with Crippen molar-refractivity contribution in [3.63, 3.8) is 0 Å². The van der Waals surface area contributed by atoms with Crippen LogP contribution in [0.5, 0.6) is 0 Å². The highest BCUT2D eigenvalue weighted by Crippen LogP contribution is 2.34. The van der Waals surface area contributed by atoms with E-state index in [0.717, 1.165) is 28.8 Å². The van der Waals surface area contributed by atoms with E-state index >= 15 is 0 Å². The maximum absolute atomic E-state index is 12.5. The third kappa shape index (κ3) is 5.34. The summed E-state index contributed by atoms with van der Waals surface area (Å²) in [7, 11) is -3.32. The number of aromatic nitrogens is 1. The molecule has 0 saturated carbocycles. The maximum atomic E-state index is 12.5. The van der Waals surface area contributed by atoms with E-state index in [1.54, 1.807) is 42.6 Å². The maximum Gasteiger partial charge on any atom is 0.229 e. The zero-order valence-corrected chi connectivity index (χ0v) is 18.3. The third-order valence-corrected chi connectivity index (χ3v) is 5.73. The summed E-state index contributed by atoms with van der Waals surface area (Å²) in [6, 6.07) is 16.1. The third-order valence-electron chi connectivity index (χ3n) is 4.89. The highest BCUT2D eigenvalue weighted by molar-refractivity contribution is 7.92. The summed E-state index contributed by atoms with van der Waals surface area (Å²) < 4.78 is 25.3. The Labute approximate surface area is 185 Å². The predicted octanol–water partition coefficient (Wildman–Crippen LogP) is 4.14. The van der Waals surface area contributed by atoms with Crippen molar-refractivity contribution in [3.8, 4) is 11.1 Å². The molecule has 2 heterocycles. The van der Waals surface area contributed by atoms with Gasteiger partial charge >= 0.3 is 0 Å². The molecule has 0 aliphatic carbocycles. The van der Waals surface area contributed by atoms with Gasteiger partial charge in [-0.05, 0) is 53.9 Å². The van der Waals surface area contributed by atoms with E-state index in [0.29, 0.717) is 29.2 Å². The number of carbonyl (C=O) groups is 1. The lowest BCUT2D eigenvalue weighted by Gasteiger charge is -2.11. The van der Waals surface area contributed by atoms with Crippen molar-refractivity contribution in [3.05, 3.63) is 71.4 Å². The first-order chi connectivity index (χ1) is 14.8. The number of nitrogens with zero attached hydrogens (tertiary/aromatic N) is 1. The Morgan fingerprint density at radius 3 is 2.65 bits per heavy atom. The standard InChI is InChI=1S/C22H21ClN4O3S/c1-31(29,30)27-16-7-5-14(6-8-16)19-9-10-24-22-20(19)12-18(26-22)13-21(28)25-17-4-2-3-15(23)11-17/h2-11,18,27H,12-13H2,1H3,(H,24,26)(H,25,28). The Kier molecular flexibility index (Phi) is 5.84. The first-order valence-electron chi connectivity index (χ1n) is 9.65. The average molecular weight is 457 g/mol. The van der Waals surface area contributed by atoms with Crippen LogP contribution >= 0.6 is 11.6 Å². The quantitative estimate of drug-likeness (QED) is 0.517. The summed E-state index contributed by atoms with van der Waals surface area (Å²) in [5.41, 5.74) is 4.15. The van der Waals surface area contributed by atoms with E-state index < -0.39 is 10.0 Å². The Morgan fingerprint density at radius 2 is 1.94 bits per heavy atom. The van der Waals surface area contributed by atoms with E-state index in [-0.39, 0.29) is 11.9 Å². The molecule has 0 spiro atoms. The molecule has 0 bridgehead atoms. The Balaban J connectivity index is 1.46. The van der Waals surface area contributed by atoms with Crippen LogP contribution < -0.4 is 15.4 Å². The van der Waals surface area contributed by atoms with Crippen LogP contribution in [0.15, 0.2) is 60.8 Å².